The molecule has 120 valence electrons. The Hall–Kier alpha value is -2.63. The third-order valence-electron chi connectivity index (χ3n) is 3.59. The molecular formula is C17H20N4O2. The summed E-state index contributed by atoms with van der Waals surface area (Å²) in [4.78, 5) is 16.8. The fourth-order valence-corrected chi connectivity index (χ4v) is 2.37. The van der Waals surface area contributed by atoms with E-state index in [0.29, 0.717) is 17.5 Å². The Bertz CT molecular complexity index is 866. The minimum absolute atomic E-state index is 0.158. The van der Waals surface area contributed by atoms with Gasteiger partial charge in [0.2, 0.25) is 5.89 Å². The minimum atomic E-state index is -0.362. The predicted molar refractivity (Wildman–Crippen MR) is 87.3 cm³/mol. The van der Waals surface area contributed by atoms with E-state index in [4.69, 9.17) is 4.42 Å². The van der Waals surface area contributed by atoms with E-state index in [2.05, 4.69) is 10.1 Å². The lowest BCUT2D eigenvalue weighted by atomic mass is 10.1. The van der Waals surface area contributed by atoms with E-state index < -0.39 is 0 Å². The average Bonchev–Trinajstić information content (AvgIpc) is 3.08. The molecule has 0 unspecified atom stereocenters. The van der Waals surface area contributed by atoms with Gasteiger partial charge in [0.25, 0.3) is 0 Å². The third kappa shape index (κ3) is 2.97. The lowest BCUT2D eigenvalue weighted by Gasteiger charge is -2.16. The van der Waals surface area contributed by atoms with Crippen molar-refractivity contribution in [3.05, 3.63) is 58.7 Å². The average molecular weight is 312 g/mol. The first-order valence-electron chi connectivity index (χ1n) is 7.53. The number of aryl methyl sites for hydroxylation is 1. The highest BCUT2D eigenvalue weighted by molar-refractivity contribution is 5.55. The van der Waals surface area contributed by atoms with Crippen LogP contribution in [0.2, 0.25) is 0 Å². The number of hydrogen-bond acceptors (Lipinski definition) is 4. The standard InChI is InChI=1S/C17H20N4O2/c1-12-19-21(17(2,3)4)16(22)20(12)11-15-18-10-14(23-15)13-8-6-5-7-9-13/h5-10H,11H2,1-4H3. The van der Waals surface area contributed by atoms with Crippen molar-refractivity contribution in [2.45, 2.75) is 39.8 Å². The van der Waals surface area contributed by atoms with E-state index in [1.165, 1.54) is 4.68 Å². The molecule has 2 heterocycles. The van der Waals surface area contributed by atoms with Crippen LogP contribution in [0, 0.1) is 6.92 Å². The zero-order valence-electron chi connectivity index (χ0n) is 13.8. The van der Waals surface area contributed by atoms with Crippen LogP contribution in [0.1, 0.15) is 32.5 Å². The molecule has 0 aliphatic rings. The summed E-state index contributed by atoms with van der Waals surface area (Å²) in [6.07, 6.45) is 1.68. The van der Waals surface area contributed by atoms with Gasteiger partial charge in [-0.3, -0.25) is 4.57 Å². The van der Waals surface area contributed by atoms with Crippen molar-refractivity contribution >= 4 is 0 Å². The van der Waals surface area contributed by atoms with Gasteiger partial charge < -0.3 is 4.42 Å². The van der Waals surface area contributed by atoms with Gasteiger partial charge in [0.1, 0.15) is 12.4 Å². The molecule has 0 aliphatic heterocycles. The molecule has 0 fully saturated rings. The Morgan fingerprint density at radius 2 is 1.87 bits per heavy atom. The molecule has 0 amide bonds. The molecule has 6 nitrogen and oxygen atoms in total. The van der Waals surface area contributed by atoms with Gasteiger partial charge in [0.15, 0.2) is 5.76 Å². The highest BCUT2D eigenvalue weighted by atomic mass is 16.4. The summed E-state index contributed by atoms with van der Waals surface area (Å²) in [5.74, 6) is 1.82. The van der Waals surface area contributed by atoms with E-state index in [1.54, 1.807) is 10.8 Å². The molecule has 1 aromatic carbocycles. The maximum absolute atomic E-state index is 12.5. The van der Waals surface area contributed by atoms with Crippen molar-refractivity contribution < 1.29 is 4.42 Å². The first-order chi connectivity index (χ1) is 10.9. The first kappa shape index (κ1) is 15.3. The van der Waals surface area contributed by atoms with Crippen LogP contribution < -0.4 is 5.69 Å². The molecule has 0 saturated carbocycles. The van der Waals surface area contributed by atoms with Crippen LogP contribution in [0.5, 0.6) is 0 Å². The zero-order chi connectivity index (χ0) is 16.6. The highest BCUT2D eigenvalue weighted by Crippen LogP contribution is 2.20. The van der Waals surface area contributed by atoms with E-state index >= 15 is 0 Å². The van der Waals surface area contributed by atoms with Crippen LogP contribution in [0.4, 0.5) is 0 Å². The van der Waals surface area contributed by atoms with Crippen LogP contribution in [0.15, 0.2) is 45.7 Å². The summed E-state index contributed by atoms with van der Waals surface area (Å²) in [7, 11) is 0. The molecule has 3 rings (SSSR count). The van der Waals surface area contributed by atoms with E-state index in [0.717, 1.165) is 5.56 Å². The van der Waals surface area contributed by atoms with Gasteiger partial charge in [-0.25, -0.2) is 14.5 Å². The van der Waals surface area contributed by atoms with Crippen molar-refractivity contribution in [1.82, 2.24) is 19.3 Å². The van der Waals surface area contributed by atoms with Crippen molar-refractivity contribution in [1.29, 1.82) is 0 Å². The summed E-state index contributed by atoms with van der Waals surface area (Å²) < 4.78 is 8.84. The van der Waals surface area contributed by atoms with E-state index in [1.807, 2.05) is 58.0 Å². The van der Waals surface area contributed by atoms with Crippen LogP contribution in [0.3, 0.4) is 0 Å². The SMILES string of the molecule is Cc1nn(C(C)(C)C)c(=O)n1Cc1ncc(-c2ccccc2)o1. The fourth-order valence-electron chi connectivity index (χ4n) is 2.37. The van der Waals surface area contributed by atoms with Gasteiger partial charge in [0, 0.05) is 5.56 Å². The summed E-state index contributed by atoms with van der Waals surface area (Å²) in [6.45, 7) is 7.93. The largest absolute Gasteiger partial charge is 0.439 e. The summed E-state index contributed by atoms with van der Waals surface area (Å²) in [5.41, 5.74) is 0.439. The Labute approximate surface area is 134 Å². The molecular weight excluding hydrogens is 292 g/mol. The second-order valence-corrected chi connectivity index (χ2v) is 6.48. The van der Waals surface area contributed by atoms with Crippen molar-refractivity contribution in [2.24, 2.45) is 0 Å². The molecule has 6 heteroatoms. The fraction of sp³-hybridized carbons (Fsp3) is 0.353. The number of hydrogen-bond donors (Lipinski definition) is 0. The van der Waals surface area contributed by atoms with Crippen LogP contribution >= 0.6 is 0 Å². The number of nitrogens with zero attached hydrogens (tertiary/aromatic N) is 4. The summed E-state index contributed by atoms with van der Waals surface area (Å²) >= 11 is 0. The van der Waals surface area contributed by atoms with Gasteiger partial charge in [-0.05, 0) is 27.7 Å². The van der Waals surface area contributed by atoms with Crippen molar-refractivity contribution in [2.75, 3.05) is 0 Å². The molecule has 23 heavy (non-hydrogen) atoms. The molecule has 0 aliphatic carbocycles. The van der Waals surface area contributed by atoms with Gasteiger partial charge in [-0.15, -0.1) is 0 Å². The Morgan fingerprint density at radius 1 is 1.17 bits per heavy atom. The van der Waals surface area contributed by atoms with E-state index in [-0.39, 0.29) is 17.8 Å². The Balaban J connectivity index is 1.91. The van der Waals surface area contributed by atoms with Gasteiger partial charge in [0.05, 0.1) is 11.7 Å². The number of oxazole rings is 1. The van der Waals surface area contributed by atoms with Crippen molar-refractivity contribution in [3.63, 3.8) is 0 Å². The molecule has 0 radical (unpaired) electrons. The lowest BCUT2D eigenvalue weighted by molar-refractivity contribution is 0.339. The Morgan fingerprint density at radius 3 is 2.48 bits per heavy atom. The topological polar surface area (TPSA) is 65.8 Å². The normalized spacial score (nSPS) is 11.8. The third-order valence-corrected chi connectivity index (χ3v) is 3.59. The molecule has 0 bridgehead atoms. The van der Waals surface area contributed by atoms with Gasteiger partial charge in [-0.1, -0.05) is 30.3 Å². The van der Waals surface area contributed by atoms with Gasteiger partial charge >= 0.3 is 5.69 Å². The highest BCUT2D eigenvalue weighted by Gasteiger charge is 2.21. The quantitative estimate of drug-likeness (QED) is 0.746. The molecule has 0 saturated heterocycles. The second kappa shape index (κ2) is 5.53. The van der Waals surface area contributed by atoms with Crippen LogP contribution in [0.25, 0.3) is 11.3 Å². The lowest BCUT2D eigenvalue weighted by Crippen LogP contribution is -2.36. The molecule has 2 aromatic heterocycles. The van der Waals surface area contributed by atoms with Crippen molar-refractivity contribution in [3.8, 4) is 11.3 Å². The van der Waals surface area contributed by atoms with Crippen LogP contribution in [-0.2, 0) is 12.1 Å². The number of rotatable bonds is 3. The minimum Gasteiger partial charge on any atom is -0.439 e. The number of aromatic nitrogens is 4. The molecule has 0 atom stereocenters. The summed E-state index contributed by atoms with van der Waals surface area (Å²) in [5, 5.41) is 4.34. The maximum Gasteiger partial charge on any atom is 0.346 e. The molecule has 0 spiro atoms. The zero-order valence-corrected chi connectivity index (χ0v) is 13.8. The summed E-state index contributed by atoms with van der Waals surface area (Å²) in [6, 6.07) is 9.75. The first-order valence-corrected chi connectivity index (χ1v) is 7.53. The molecule has 3 aromatic rings. The predicted octanol–water partition coefficient (Wildman–Crippen LogP) is 2.81. The monoisotopic (exact) mass is 312 g/mol. The maximum atomic E-state index is 12.5. The van der Waals surface area contributed by atoms with E-state index in [9.17, 15) is 4.79 Å². The molecule has 0 N–H and O–H groups in total. The smallest absolute Gasteiger partial charge is 0.346 e. The number of benzene rings is 1. The second-order valence-electron chi connectivity index (χ2n) is 6.48. The van der Waals surface area contributed by atoms with Crippen LogP contribution in [-0.4, -0.2) is 19.3 Å². The van der Waals surface area contributed by atoms with Gasteiger partial charge in [-0.2, -0.15) is 5.10 Å². The Kier molecular flexibility index (Phi) is 3.67.